The van der Waals surface area contributed by atoms with Gasteiger partial charge in [0.1, 0.15) is 0 Å². The van der Waals surface area contributed by atoms with Crippen LogP contribution in [0.15, 0.2) is 28.7 Å². The summed E-state index contributed by atoms with van der Waals surface area (Å²) in [4.78, 5) is 0. The molecule has 0 saturated carbocycles. The van der Waals surface area contributed by atoms with Crippen molar-refractivity contribution in [2.45, 2.75) is 31.0 Å². The Hall–Kier alpha value is -0.690. The molecule has 18 heavy (non-hydrogen) atoms. The van der Waals surface area contributed by atoms with Crippen molar-refractivity contribution in [1.29, 1.82) is 0 Å². The van der Waals surface area contributed by atoms with E-state index in [1.54, 1.807) is 0 Å². The molecule has 0 saturated heterocycles. The second kappa shape index (κ2) is 4.77. The number of halogens is 6. The van der Waals surface area contributed by atoms with Crippen LogP contribution in [0.4, 0.5) is 22.0 Å². The molecule has 0 fully saturated rings. The predicted molar refractivity (Wildman–Crippen MR) is 59.3 cm³/mol. The largest absolute Gasteiger partial charge is 0.453 e. The Bertz CT molecular complexity index is 410. The first-order valence-corrected chi connectivity index (χ1v) is 5.68. The molecule has 0 aliphatic heterocycles. The van der Waals surface area contributed by atoms with Gasteiger partial charge in [-0.2, -0.15) is 22.0 Å². The number of hydrogen-bond acceptors (Lipinski definition) is 1. The maximum Gasteiger partial charge on any atom is 0.453 e. The fraction of sp³-hybridized carbons (Fsp3) is 0.455. The molecule has 0 heterocycles. The summed E-state index contributed by atoms with van der Waals surface area (Å²) in [5.74, 6) is -4.94. The minimum atomic E-state index is -5.67. The highest BCUT2D eigenvalue weighted by Gasteiger charge is 2.59. The van der Waals surface area contributed by atoms with Gasteiger partial charge in [0, 0.05) is 4.47 Å². The van der Waals surface area contributed by atoms with E-state index in [0.29, 0.717) is 4.47 Å². The lowest BCUT2D eigenvalue weighted by atomic mass is 9.89. The van der Waals surface area contributed by atoms with E-state index < -0.39 is 24.1 Å². The Morgan fingerprint density at radius 2 is 1.50 bits per heavy atom. The van der Waals surface area contributed by atoms with Gasteiger partial charge in [-0.25, -0.2) is 0 Å². The lowest BCUT2D eigenvalue weighted by molar-refractivity contribution is -0.296. The van der Waals surface area contributed by atoms with Gasteiger partial charge in [0.05, 0.1) is 12.0 Å². The molecule has 7 heteroatoms. The molecule has 0 aliphatic carbocycles. The molecular weight excluding hydrogens is 323 g/mol. The molecule has 1 aromatic carbocycles. The van der Waals surface area contributed by atoms with Gasteiger partial charge < -0.3 is 5.11 Å². The van der Waals surface area contributed by atoms with Gasteiger partial charge in [-0.1, -0.05) is 28.1 Å². The highest BCUT2D eigenvalue weighted by molar-refractivity contribution is 9.10. The van der Waals surface area contributed by atoms with Crippen molar-refractivity contribution in [3.8, 4) is 0 Å². The van der Waals surface area contributed by atoms with E-state index in [9.17, 15) is 27.1 Å². The molecule has 0 aliphatic rings. The zero-order valence-electron chi connectivity index (χ0n) is 9.23. The van der Waals surface area contributed by atoms with E-state index in [1.807, 2.05) is 0 Å². The van der Waals surface area contributed by atoms with Gasteiger partial charge in [0.15, 0.2) is 0 Å². The van der Waals surface area contributed by atoms with Crippen LogP contribution in [0.3, 0.4) is 0 Å². The summed E-state index contributed by atoms with van der Waals surface area (Å²) >= 11 is 3.10. The zero-order chi connectivity index (χ0) is 14.2. The van der Waals surface area contributed by atoms with E-state index >= 15 is 0 Å². The number of aliphatic hydroxyl groups is 1. The van der Waals surface area contributed by atoms with Crippen molar-refractivity contribution >= 4 is 15.9 Å². The first kappa shape index (κ1) is 15.4. The summed E-state index contributed by atoms with van der Waals surface area (Å²) in [5.41, 5.74) is -2.27. The van der Waals surface area contributed by atoms with Crippen molar-refractivity contribution < 1.29 is 27.1 Å². The van der Waals surface area contributed by atoms with E-state index in [-0.39, 0.29) is 5.56 Å². The second-order valence-electron chi connectivity index (χ2n) is 4.16. The van der Waals surface area contributed by atoms with Crippen molar-refractivity contribution in [2.75, 3.05) is 0 Å². The van der Waals surface area contributed by atoms with Crippen LogP contribution in [0.1, 0.15) is 18.9 Å². The number of rotatable bonds is 3. The second-order valence-corrected chi connectivity index (χ2v) is 5.08. The van der Waals surface area contributed by atoms with Crippen LogP contribution < -0.4 is 0 Å². The first-order chi connectivity index (χ1) is 7.96. The maximum absolute atomic E-state index is 12.9. The SMILES string of the molecule is CC(O)(CC(F)(F)C(F)(F)F)c1ccc(Br)cc1. The third kappa shape index (κ3) is 3.41. The van der Waals surface area contributed by atoms with Gasteiger partial charge >= 0.3 is 12.1 Å². The number of benzene rings is 1. The maximum atomic E-state index is 12.9. The van der Waals surface area contributed by atoms with Gasteiger partial charge in [-0.05, 0) is 24.6 Å². The fourth-order valence-electron chi connectivity index (χ4n) is 1.44. The summed E-state index contributed by atoms with van der Waals surface area (Å²) in [6.45, 7) is 0.926. The van der Waals surface area contributed by atoms with Crippen molar-refractivity contribution in [3.63, 3.8) is 0 Å². The molecule has 0 aromatic heterocycles. The summed E-state index contributed by atoms with van der Waals surface area (Å²) in [6, 6.07) is 5.48. The Morgan fingerprint density at radius 1 is 1.06 bits per heavy atom. The molecule has 0 amide bonds. The van der Waals surface area contributed by atoms with Gasteiger partial charge in [0.25, 0.3) is 0 Å². The third-order valence-corrected chi connectivity index (χ3v) is 2.98. The highest BCUT2D eigenvalue weighted by Crippen LogP contribution is 2.43. The molecule has 0 bridgehead atoms. The minimum Gasteiger partial charge on any atom is -0.385 e. The first-order valence-electron chi connectivity index (χ1n) is 4.89. The fourth-order valence-corrected chi connectivity index (χ4v) is 1.71. The number of alkyl halides is 5. The Labute approximate surface area is 109 Å². The summed E-state index contributed by atoms with van der Waals surface area (Å²) < 4.78 is 62.6. The van der Waals surface area contributed by atoms with Crippen LogP contribution in [0.2, 0.25) is 0 Å². The monoisotopic (exact) mass is 332 g/mol. The lowest BCUT2D eigenvalue weighted by Crippen LogP contribution is -2.42. The van der Waals surface area contributed by atoms with Gasteiger partial charge in [-0.3, -0.25) is 0 Å². The van der Waals surface area contributed by atoms with Gasteiger partial charge in [0.2, 0.25) is 0 Å². The van der Waals surface area contributed by atoms with E-state index in [2.05, 4.69) is 15.9 Å². The van der Waals surface area contributed by atoms with E-state index in [4.69, 9.17) is 0 Å². The van der Waals surface area contributed by atoms with E-state index in [0.717, 1.165) is 6.92 Å². The summed E-state index contributed by atoms with van der Waals surface area (Å²) in [5, 5.41) is 9.78. The molecule has 1 aromatic rings. The summed E-state index contributed by atoms with van der Waals surface area (Å²) in [6.07, 6.45) is -7.39. The van der Waals surface area contributed by atoms with Crippen molar-refractivity contribution in [3.05, 3.63) is 34.3 Å². The Morgan fingerprint density at radius 3 is 1.89 bits per heavy atom. The van der Waals surface area contributed by atoms with Crippen LogP contribution in [0, 0.1) is 0 Å². The van der Waals surface area contributed by atoms with Crippen molar-refractivity contribution in [1.82, 2.24) is 0 Å². The summed E-state index contributed by atoms with van der Waals surface area (Å²) in [7, 11) is 0. The van der Waals surface area contributed by atoms with Gasteiger partial charge in [-0.15, -0.1) is 0 Å². The topological polar surface area (TPSA) is 20.2 Å². The molecule has 1 N–H and O–H groups in total. The molecule has 0 spiro atoms. The van der Waals surface area contributed by atoms with Crippen LogP contribution in [-0.2, 0) is 5.60 Å². The predicted octanol–water partition coefficient (Wildman–Crippen LogP) is 4.24. The Kier molecular flexibility index (Phi) is 4.07. The average molecular weight is 333 g/mol. The van der Waals surface area contributed by atoms with Crippen molar-refractivity contribution in [2.24, 2.45) is 0 Å². The smallest absolute Gasteiger partial charge is 0.385 e. The molecule has 1 rings (SSSR count). The molecular formula is C11H10BrF5O. The van der Waals surface area contributed by atoms with Crippen LogP contribution in [0.5, 0.6) is 0 Å². The minimum absolute atomic E-state index is 0.00498. The highest BCUT2D eigenvalue weighted by atomic mass is 79.9. The molecule has 1 atom stereocenters. The lowest BCUT2D eigenvalue weighted by Gasteiger charge is -2.29. The van der Waals surface area contributed by atoms with E-state index in [1.165, 1.54) is 24.3 Å². The van der Waals surface area contributed by atoms with Crippen LogP contribution >= 0.6 is 15.9 Å². The molecule has 102 valence electrons. The zero-order valence-corrected chi connectivity index (χ0v) is 10.8. The van der Waals surface area contributed by atoms with Crippen LogP contribution in [-0.4, -0.2) is 17.2 Å². The molecule has 1 unspecified atom stereocenters. The third-order valence-electron chi connectivity index (χ3n) is 2.45. The van der Waals surface area contributed by atoms with Crippen LogP contribution in [0.25, 0.3) is 0 Å². The average Bonchev–Trinajstić information content (AvgIpc) is 2.14. The quantitative estimate of drug-likeness (QED) is 0.820. The Balaban J connectivity index is 2.98. The number of hydrogen-bond donors (Lipinski definition) is 1. The standard InChI is InChI=1S/C11H10BrF5O/c1-9(18,6-10(13,14)11(15,16)17)7-2-4-8(12)5-3-7/h2-5,18H,6H2,1H3. The molecule has 1 nitrogen and oxygen atoms in total. The molecule has 0 radical (unpaired) electrons. The normalized spacial score (nSPS) is 16.4.